The third-order valence-electron chi connectivity index (χ3n) is 4.76. The number of fused-ring (bicyclic) bond motifs is 1. The van der Waals surface area contributed by atoms with Crippen LogP contribution in [0.25, 0.3) is 0 Å². The van der Waals surface area contributed by atoms with Crippen molar-refractivity contribution in [3.8, 4) is 11.5 Å². The summed E-state index contributed by atoms with van der Waals surface area (Å²) >= 11 is 0. The largest absolute Gasteiger partial charge is 0.493 e. The molecule has 1 aliphatic carbocycles. The number of ketones is 1. The van der Waals surface area contributed by atoms with Gasteiger partial charge in [-0.3, -0.25) is 4.79 Å². The molecule has 0 bridgehead atoms. The predicted octanol–water partition coefficient (Wildman–Crippen LogP) is 3.04. The van der Waals surface area contributed by atoms with E-state index in [9.17, 15) is 9.59 Å². The highest BCUT2D eigenvalue weighted by molar-refractivity contribution is 6.03. The van der Waals surface area contributed by atoms with E-state index in [-0.39, 0.29) is 11.7 Å². The van der Waals surface area contributed by atoms with Gasteiger partial charge in [-0.2, -0.15) is 0 Å². The molecular formula is C19H21NO5. The molecule has 1 N–H and O–H groups in total. The maximum absolute atomic E-state index is 12.7. The first kappa shape index (κ1) is 17.1. The Bertz CT molecular complexity index is 837. The molecular weight excluding hydrogens is 322 g/mol. The van der Waals surface area contributed by atoms with Crippen molar-refractivity contribution in [1.29, 1.82) is 0 Å². The summed E-state index contributed by atoms with van der Waals surface area (Å²) in [7, 11) is 4.50. The Morgan fingerprint density at radius 3 is 2.48 bits per heavy atom. The van der Waals surface area contributed by atoms with E-state index in [1.165, 1.54) is 7.11 Å². The average Bonchev–Trinajstić information content (AvgIpc) is 2.97. The van der Waals surface area contributed by atoms with Gasteiger partial charge in [-0.1, -0.05) is 6.07 Å². The van der Waals surface area contributed by atoms with Crippen LogP contribution in [-0.4, -0.2) is 38.1 Å². The number of benzene rings is 1. The molecule has 3 rings (SSSR count). The zero-order valence-electron chi connectivity index (χ0n) is 14.8. The van der Waals surface area contributed by atoms with Gasteiger partial charge in [-0.15, -0.1) is 0 Å². The zero-order chi connectivity index (χ0) is 18.1. The summed E-state index contributed by atoms with van der Waals surface area (Å²) in [5.41, 5.74) is 3.43. The molecule has 0 saturated heterocycles. The van der Waals surface area contributed by atoms with Crippen LogP contribution >= 0.6 is 0 Å². The van der Waals surface area contributed by atoms with E-state index in [1.54, 1.807) is 21.1 Å². The number of carbonyl (C=O) groups excluding carboxylic acids is 2. The quantitative estimate of drug-likeness (QED) is 0.864. The Balaban J connectivity index is 1.96. The van der Waals surface area contributed by atoms with Crippen LogP contribution in [0.2, 0.25) is 0 Å². The van der Waals surface area contributed by atoms with Gasteiger partial charge in [0.25, 0.3) is 0 Å². The van der Waals surface area contributed by atoms with Gasteiger partial charge in [0.2, 0.25) is 0 Å². The third kappa shape index (κ3) is 2.88. The zero-order valence-corrected chi connectivity index (χ0v) is 14.8. The van der Waals surface area contributed by atoms with Gasteiger partial charge in [-0.05, 0) is 42.5 Å². The molecule has 2 aromatic rings. The maximum atomic E-state index is 12.7. The number of esters is 1. The molecule has 0 fully saturated rings. The minimum absolute atomic E-state index is 0.0170. The molecule has 0 radical (unpaired) electrons. The van der Waals surface area contributed by atoms with E-state index < -0.39 is 5.97 Å². The van der Waals surface area contributed by atoms with Crippen LogP contribution in [0.4, 0.5) is 0 Å². The Hall–Kier alpha value is -2.76. The summed E-state index contributed by atoms with van der Waals surface area (Å²) in [6.45, 7) is 1.77. The monoisotopic (exact) mass is 343 g/mol. The van der Waals surface area contributed by atoms with Crippen LogP contribution in [0.3, 0.4) is 0 Å². The lowest BCUT2D eigenvalue weighted by atomic mass is 9.81. The Kier molecular flexibility index (Phi) is 4.53. The highest BCUT2D eigenvalue weighted by atomic mass is 16.5. The van der Waals surface area contributed by atoms with Crippen LogP contribution in [0, 0.1) is 6.92 Å². The van der Waals surface area contributed by atoms with E-state index in [2.05, 4.69) is 4.98 Å². The first-order valence-electron chi connectivity index (χ1n) is 8.05. The van der Waals surface area contributed by atoms with E-state index >= 15 is 0 Å². The first-order valence-corrected chi connectivity index (χ1v) is 8.05. The molecule has 25 heavy (non-hydrogen) atoms. The van der Waals surface area contributed by atoms with E-state index in [0.717, 1.165) is 11.3 Å². The van der Waals surface area contributed by atoms with Crippen LogP contribution in [0.5, 0.6) is 11.5 Å². The SMILES string of the molecule is COC(=O)c1[nH]c2c(c1C)C(=O)C[C@@H](c1ccc(OC)c(OC)c1)C2. The van der Waals surface area contributed by atoms with Crippen molar-refractivity contribution in [3.63, 3.8) is 0 Å². The highest BCUT2D eigenvalue weighted by Crippen LogP contribution is 2.38. The summed E-state index contributed by atoms with van der Waals surface area (Å²) in [4.78, 5) is 27.6. The number of aromatic amines is 1. The standard InChI is InChI=1S/C19H21NO5/c1-10-17-13(20-18(10)19(22)25-4)7-12(8-14(17)21)11-5-6-15(23-2)16(9-11)24-3/h5-6,9,12,20H,7-8H2,1-4H3/t12-/m0/s1. The lowest BCUT2D eigenvalue weighted by Gasteiger charge is -2.23. The summed E-state index contributed by atoms with van der Waals surface area (Å²) in [5.74, 6) is 0.879. The van der Waals surface area contributed by atoms with Crippen LogP contribution < -0.4 is 9.47 Å². The Morgan fingerprint density at radius 1 is 1.12 bits per heavy atom. The number of ether oxygens (including phenoxy) is 3. The van der Waals surface area contributed by atoms with Gasteiger partial charge < -0.3 is 19.2 Å². The molecule has 0 aliphatic heterocycles. The highest BCUT2D eigenvalue weighted by Gasteiger charge is 2.32. The van der Waals surface area contributed by atoms with Gasteiger partial charge in [0.15, 0.2) is 17.3 Å². The number of hydrogen-bond donors (Lipinski definition) is 1. The van der Waals surface area contributed by atoms with Gasteiger partial charge in [0.1, 0.15) is 5.69 Å². The summed E-state index contributed by atoms with van der Waals surface area (Å²) in [6, 6.07) is 5.69. The molecule has 6 heteroatoms. The van der Waals surface area contributed by atoms with Gasteiger partial charge in [0, 0.05) is 17.7 Å². The summed E-state index contributed by atoms with van der Waals surface area (Å²) in [6.07, 6.45) is 1.04. The van der Waals surface area contributed by atoms with Crippen molar-refractivity contribution in [2.24, 2.45) is 0 Å². The van der Waals surface area contributed by atoms with Gasteiger partial charge in [-0.25, -0.2) is 4.79 Å². The normalized spacial score (nSPS) is 16.3. The van der Waals surface area contributed by atoms with Crippen molar-refractivity contribution in [2.75, 3.05) is 21.3 Å². The number of rotatable bonds is 4. The molecule has 0 unspecified atom stereocenters. The minimum atomic E-state index is -0.456. The molecule has 1 aliphatic rings. The topological polar surface area (TPSA) is 77.6 Å². The summed E-state index contributed by atoms with van der Waals surface area (Å²) in [5, 5.41) is 0. The van der Waals surface area contributed by atoms with Crippen molar-refractivity contribution in [3.05, 3.63) is 46.3 Å². The third-order valence-corrected chi connectivity index (χ3v) is 4.76. The number of H-pyrrole nitrogens is 1. The van der Waals surface area contributed by atoms with E-state index in [4.69, 9.17) is 14.2 Å². The van der Waals surface area contributed by atoms with E-state index in [1.807, 2.05) is 18.2 Å². The number of aromatic nitrogens is 1. The number of Topliss-reactive ketones (excluding diaryl/α,β-unsaturated/α-hetero) is 1. The molecule has 1 heterocycles. The smallest absolute Gasteiger partial charge is 0.354 e. The van der Waals surface area contributed by atoms with Gasteiger partial charge >= 0.3 is 5.97 Å². The lowest BCUT2D eigenvalue weighted by molar-refractivity contribution is 0.0593. The summed E-state index contributed by atoms with van der Waals surface area (Å²) < 4.78 is 15.4. The number of carbonyl (C=O) groups is 2. The van der Waals surface area contributed by atoms with Crippen molar-refractivity contribution >= 4 is 11.8 Å². The van der Waals surface area contributed by atoms with Crippen LogP contribution in [0.1, 0.15) is 50.0 Å². The maximum Gasteiger partial charge on any atom is 0.354 e. The lowest BCUT2D eigenvalue weighted by Crippen LogP contribution is -2.18. The van der Waals surface area contributed by atoms with E-state index in [0.29, 0.717) is 41.2 Å². The van der Waals surface area contributed by atoms with Crippen LogP contribution in [-0.2, 0) is 11.2 Å². The van der Waals surface area contributed by atoms with Gasteiger partial charge in [0.05, 0.1) is 21.3 Å². The molecule has 132 valence electrons. The fraction of sp³-hybridized carbons (Fsp3) is 0.368. The Labute approximate surface area is 146 Å². The van der Waals surface area contributed by atoms with Crippen LogP contribution in [0.15, 0.2) is 18.2 Å². The Morgan fingerprint density at radius 2 is 1.84 bits per heavy atom. The van der Waals surface area contributed by atoms with Crippen molar-refractivity contribution in [1.82, 2.24) is 4.98 Å². The number of hydrogen-bond acceptors (Lipinski definition) is 5. The minimum Gasteiger partial charge on any atom is -0.493 e. The fourth-order valence-corrected chi connectivity index (χ4v) is 3.48. The first-order chi connectivity index (χ1) is 12.0. The molecule has 1 aromatic heterocycles. The molecule has 1 atom stereocenters. The predicted molar refractivity (Wildman–Crippen MR) is 91.8 cm³/mol. The second-order valence-corrected chi connectivity index (χ2v) is 6.11. The average molecular weight is 343 g/mol. The molecule has 6 nitrogen and oxygen atoms in total. The second kappa shape index (κ2) is 6.63. The molecule has 1 aromatic carbocycles. The van der Waals surface area contributed by atoms with Crippen molar-refractivity contribution in [2.45, 2.75) is 25.7 Å². The molecule has 0 saturated carbocycles. The second-order valence-electron chi connectivity index (χ2n) is 6.11. The molecule has 0 amide bonds. The number of nitrogens with one attached hydrogen (secondary N) is 1. The number of methoxy groups -OCH3 is 3. The fourth-order valence-electron chi connectivity index (χ4n) is 3.48. The molecule has 0 spiro atoms. The van der Waals surface area contributed by atoms with Crippen molar-refractivity contribution < 1.29 is 23.8 Å².